The van der Waals surface area contributed by atoms with Crippen LogP contribution in [0.2, 0.25) is 0 Å². The van der Waals surface area contributed by atoms with Crippen molar-refractivity contribution >= 4 is 28.1 Å². The fourth-order valence-corrected chi connectivity index (χ4v) is 2.45. The molecular formula is C16H12F2N2S. The van der Waals surface area contributed by atoms with Crippen molar-refractivity contribution in [3.05, 3.63) is 71.4 Å². The van der Waals surface area contributed by atoms with Crippen molar-refractivity contribution in [1.29, 1.82) is 0 Å². The van der Waals surface area contributed by atoms with Crippen LogP contribution in [0, 0.1) is 11.6 Å². The molecule has 0 unspecified atom stereocenters. The van der Waals surface area contributed by atoms with E-state index >= 15 is 0 Å². The zero-order valence-corrected chi connectivity index (χ0v) is 11.8. The van der Waals surface area contributed by atoms with Gasteiger partial charge in [-0.1, -0.05) is 18.3 Å². The molecule has 2 N–H and O–H groups in total. The van der Waals surface area contributed by atoms with E-state index < -0.39 is 11.6 Å². The van der Waals surface area contributed by atoms with Gasteiger partial charge in [-0.25, -0.2) is 8.78 Å². The minimum atomic E-state index is -0.836. The Balaban J connectivity index is 1.97. The molecule has 106 valence electrons. The van der Waals surface area contributed by atoms with Crippen LogP contribution in [-0.4, -0.2) is 9.56 Å². The molecule has 1 aromatic heterocycles. The zero-order chi connectivity index (χ0) is 15.0. The lowest BCUT2D eigenvalue weighted by molar-refractivity contribution is 0.506. The van der Waals surface area contributed by atoms with E-state index in [0.717, 1.165) is 22.5 Å². The second-order valence-electron chi connectivity index (χ2n) is 4.83. The quantitative estimate of drug-likeness (QED) is 0.749. The van der Waals surface area contributed by atoms with Gasteiger partial charge >= 0.3 is 0 Å². The summed E-state index contributed by atoms with van der Waals surface area (Å²) in [7, 11) is 0. The largest absolute Gasteiger partial charge is 0.389 e. The van der Waals surface area contributed by atoms with Crippen molar-refractivity contribution in [2.45, 2.75) is 6.54 Å². The molecule has 2 nitrogen and oxygen atoms in total. The van der Waals surface area contributed by atoms with Crippen molar-refractivity contribution in [3.8, 4) is 0 Å². The molecule has 3 rings (SSSR count). The van der Waals surface area contributed by atoms with Gasteiger partial charge in [-0.05, 0) is 42.0 Å². The molecule has 2 aromatic carbocycles. The summed E-state index contributed by atoms with van der Waals surface area (Å²) in [6.07, 6.45) is 1.90. The van der Waals surface area contributed by atoms with Gasteiger partial charge in [0.2, 0.25) is 0 Å². The van der Waals surface area contributed by atoms with Crippen molar-refractivity contribution in [2.24, 2.45) is 5.73 Å². The fraction of sp³-hybridized carbons (Fsp3) is 0.0625. The van der Waals surface area contributed by atoms with Gasteiger partial charge in [0.25, 0.3) is 0 Å². The molecular weight excluding hydrogens is 290 g/mol. The minimum absolute atomic E-state index is 0.352. The predicted octanol–water partition coefficient (Wildman–Crippen LogP) is 3.60. The van der Waals surface area contributed by atoms with Crippen LogP contribution in [0.3, 0.4) is 0 Å². The Kier molecular flexibility index (Phi) is 3.43. The molecule has 21 heavy (non-hydrogen) atoms. The maximum absolute atomic E-state index is 13.3. The average molecular weight is 302 g/mol. The number of nitrogens with two attached hydrogens (primary N) is 1. The number of nitrogens with zero attached hydrogens (tertiary/aromatic N) is 1. The van der Waals surface area contributed by atoms with Gasteiger partial charge in [0.1, 0.15) is 4.99 Å². The average Bonchev–Trinajstić information content (AvgIpc) is 2.85. The van der Waals surface area contributed by atoms with Crippen LogP contribution in [-0.2, 0) is 6.54 Å². The highest BCUT2D eigenvalue weighted by Crippen LogP contribution is 2.20. The number of rotatable bonds is 3. The first-order chi connectivity index (χ1) is 10.0. The molecule has 0 saturated carbocycles. The summed E-state index contributed by atoms with van der Waals surface area (Å²) >= 11 is 4.96. The van der Waals surface area contributed by atoms with Crippen LogP contribution < -0.4 is 5.73 Å². The van der Waals surface area contributed by atoms with Gasteiger partial charge in [0.15, 0.2) is 11.6 Å². The maximum Gasteiger partial charge on any atom is 0.159 e. The lowest BCUT2D eigenvalue weighted by atomic mass is 10.1. The van der Waals surface area contributed by atoms with E-state index in [4.69, 9.17) is 18.0 Å². The first-order valence-corrected chi connectivity index (χ1v) is 6.78. The normalized spacial score (nSPS) is 11.0. The van der Waals surface area contributed by atoms with Crippen LogP contribution in [0.15, 0.2) is 48.7 Å². The summed E-state index contributed by atoms with van der Waals surface area (Å²) in [6, 6.07) is 11.6. The van der Waals surface area contributed by atoms with Gasteiger partial charge in [-0.3, -0.25) is 0 Å². The Hall–Kier alpha value is -2.27. The fourth-order valence-electron chi connectivity index (χ4n) is 2.33. The molecule has 5 heteroatoms. The molecule has 0 amide bonds. The smallest absolute Gasteiger partial charge is 0.159 e. The summed E-state index contributed by atoms with van der Waals surface area (Å²) in [4.78, 5) is 0.352. The van der Waals surface area contributed by atoms with Crippen molar-refractivity contribution < 1.29 is 8.78 Å². The first-order valence-electron chi connectivity index (χ1n) is 6.37. The molecule has 0 atom stereocenters. The molecule has 3 aromatic rings. The Labute approximate surface area is 125 Å². The summed E-state index contributed by atoms with van der Waals surface area (Å²) < 4.78 is 28.2. The van der Waals surface area contributed by atoms with Gasteiger partial charge in [-0.2, -0.15) is 0 Å². The Morgan fingerprint density at radius 1 is 1.05 bits per heavy atom. The molecule has 0 saturated heterocycles. The van der Waals surface area contributed by atoms with Gasteiger partial charge < -0.3 is 10.3 Å². The zero-order valence-electron chi connectivity index (χ0n) is 11.0. The lowest BCUT2D eigenvalue weighted by Crippen LogP contribution is -2.08. The maximum atomic E-state index is 13.3. The highest BCUT2D eigenvalue weighted by atomic mass is 32.1. The number of thiocarbonyl (C=S) groups is 1. The van der Waals surface area contributed by atoms with Crippen molar-refractivity contribution in [2.75, 3.05) is 0 Å². The van der Waals surface area contributed by atoms with Crippen LogP contribution in [0.25, 0.3) is 10.9 Å². The van der Waals surface area contributed by atoms with E-state index in [-0.39, 0.29) is 0 Å². The van der Waals surface area contributed by atoms with Gasteiger partial charge in [-0.15, -0.1) is 0 Å². The number of benzene rings is 2. The molecule has 0 aliphatic carbocycles. The van der Waals surface area contributed by atoms with Crippen molar-refractivity contribution in [1.82, 2.24) is 4.57 Å². The SMILES string of the molecule is NC(=S)c1ccc2c(ccn2Cc2ccc(F)c(F)c2)c1. The Bertz CT molecular complexity index is 839. The van der Waals surface area contributed by atoms with Crippen LogP contribution in [0.4, 0.5) is 8.78 Å². The van der Waals surface area contributed by atoms with E-state index in [0.29, 0.717) is 17.1 Å². The van der Waals surface area contributed by atoms with E-state index in [1.54, 1.807) is 6.07 Å². The topological polar surface area (TPSA) is 30.9 Å². The minimum Gasteiger partial charge on any atom is -0.389 e. The number of aromatic nitrogens is 1. The standard InChI is InChI=1S/C16H12F2N2S/c17-13-3-1-10(7-14(13)18)9-20-6-5-11-8-12(16(19)21)2-4-15(11)20/h1-8H,9H2,(H2,19,21). The number of halogens is 2. The van der Waals surface area contributed by atoms with Crippen molar-refractivity contribution in [3.63, 3.8) is 0 Å². The predicted molar refractivity (Wildman–Crippen MR) is 83.3 cm³/mol. The molecule has 0 bridgehead atoms. The Morgan fingerprint density at radius 2 is 1.86 bits per heavy atom. The second-order valence-corrected chi connectivity index (χ2v) is 5.27. The third kappa shape index (κ3) is 2.64. The number of hydrogen-bond donors (Lipinski definition) is 1. The number of hydrogen-bond acceptors (Lipinski definition) is 1. The highest BCUT2D eigenvalue weighted by molar-refractivity contribution is 7.80. The third-order valence-corrected chi connectivity index (χ3v) is 3.63. The van der Waals surface area contributed by atoms with Crippen LogP contribution >= 0.6 is 12.2 Å². The number of fused-ring (bicyclic) bond motifs is 1. The first kappa shape index (κ1) is 13.7. The molecule has 1 heterocycles. The molecule has 0 aliphatic heterocycles. The molecule has 0 fully saturated rings. The lowest BCUT2D eigenvalue weighted by Gasteiger charge is -2.07. The summed E-state index contributed by atoms with van der Waals surface area (Å²) in [5.41, 5.74) is 8.11. The second kappa shape index (κ2) is 5.26. The molecule has 0 radical (unpaired) electrons. The summed E-state index contributed by atoms with van der Waals surface area (Å²) in [5.74, 6) is -1.67. The van der Waals surface area contributed by atoms with E-state index in [2.05, 4.69) is 0 Å². The monoisotopic (exact) mass is 302 g/mol. The Morgan fingerprint density at radius 3 is 2.57 bits per heavy atom. The summed E-state index contributed by atoms with van der Waals surface area (Å²) in [6.45, 7) is 0.465. The van der Waals surface area contributed by atoms with E-state index in [9.17, 15) is 8.78 Å². The van der Waals surface area contributed by atoms with Gasteiger partial charge in [0.05, 0.1) is 0 Å². The van der Waals surface area contributed by atoms with E-state index in [1.807, 2.05) is 35.0 Å². The van der Waals surface area contributed by atoms with Gasteiger partial charge in [0, 0.05) is 29.2 Å². The third-order valence-electron chi connectivity index (χ3n) is 3.39. The highest BCUT2D eigenvalue weighted by Gasteiger charge is 2.06. The summed E-state index contributed by atoms with van der Waals surface area (Å²) in [5, 5.41) is 1.00. The van der Waals surface area contributed by atoms with E-state index in [1.165, 1.54) is 6.07 Å². The molecule has 0 aliphatic rings. The molecule has 0 spiro atoms. The van der Waals surface area contributed by atoms with Crippen LogP contribution in [0.1, 0.15) is 11.1 Å². The van der Waals surface area contributed by atoms with Crippen LogP contribution in [0.5, 0.6) is 0 Å².